The predicted octanol–water partition coefficient (Wildman–Crippen LogP) is -3.39. The Kier molecular flexibility index (Phi) is 12.1. The van der Waals surface area contributed by atoms with Gasteiger partial charge >= 0.3 is 5.97 Å². The summed E-state index contributed by atoms with van der Waals surface area (Å²) in [5.41, 5.74) is 21.4. The third kappa shape index (κ3) is 9.43. The SMILES string of the molecule is NC(=O)CCC(N)C(=O)NC(CS)C(=O)NC(CCCN=C(N)N)C(=O)N1CCCC1C(=O)O. The lowest BCUT2D eigenvalue weighted by molar-refractivity contribution is -0.149. The van der Waals surface area contributed by atoms with E-state index in [0.29, 0.717) is 19.3 Å². The van der Waals surface area contributed by atoms with Crippen LogP contribution in [0.1, 0.15) is 38.5 Å². The number of nitrogens with zero attached hydrogens (tertiary/aromatic N) is 2. The third-order valence-corrected chi connectivity index (χ3v) is 5.60. The van der Waals surface area contributed by atoms with Crippen LogP contribution in [0, 0.1) is 0 Å². The molecule has 0 aromatic heterocycles. The van der Waals surface area contributed by atoms with Gasteiger partial charge < -0.3 is 43.6 Å². The summed E-state index contributed by atoms with van der Waals surface area (Å²) in [7, 11) is 0. The first-order valence-corrected chi connectivity index (χ1v) is 11.4. The zero-order valence-corrected chi connectivity index (χ0v) is 19.7. The average molecular weight is 503 g/mol. The molecule has 4 unspecified atom stereocenters. The first-order valence-electron chi connectivity index (χ1n) is 10.8. The molecule has 14 nitrogen and oxygen atoms in total. The van der Waals surface area contributed by atoms with Crippen LogP contribution >= 0.6 is 12.6 Å². The standard InChI is InChI=1S/C19H34N8O6S/c20-10(5-6-14(21)28)15(29)26-12(9-34)16(30)25-11(3-1-7-24-19(22)23)17(31)27-8-2-4-13(27)18(32)33/h10-13,34H,1-9,20H2,(H2,21,28)(H,25,30)(H,26,29)(H,32,33)(H4,22,23,24). The lowest BCUT2D eigenvalue weighted by Crippen LogP contribution is -2.57. The van der Waals surface area contributed by atoms with Crippen LogP contribution < -0.4 is 33.6 Å². The van der Waals surface area contributed by atoms with Gasteiger partial charge in [0.05, 0.1) is 6.04 Å². The van der Waals surface area contributed by atoms with Crippen molar-refractivity contribution < 1.29 is 29.1 Å². The maximum Gasteiger partial charge on any atom is 0.326 e. The molecule has 34 heavy (non-hydrogen) atoms. The van der Waals surface area contributed by atoms with E-state index in [1.807, 2.05) is 0 Å². The largest absolute Gasteiger partial charge is 0.480 e. The number of amides is 4. The summed E-state index contributed by atoms with van der Waals surface area (Å²) in [5, 5.41) is 14.4. The van der Waals surface area contributed by atoms with Crippen molar-refractivity contribution in [3.05, 3.63) is 0 Å². The minimum absolute atomic E-state index is 0.000480. The highest BCUT2D eigenvalue weighted by Gasteiger charge is 2.38. The molecule has 1 fully saturated rings. The quantitative estimate of drug-likeness (QED) is 0.0509. The molecule has 1 aliphatic heterocycles. The van der Waals surface area contributed by atoms with Crippen molar-refractivity contribution in [2.45, 2.75) is 62.7 Å². The number of guanidine groups is 1. The van der Waals surface area contributed by atoms with Gasteiger partial charge in [0.25, 0.3) is 0 Å². The van der Waals surface area contributed by atoms with Crippen LogP contribution in [0.5, 0.6) is 0 Å². The summed E-state index contributed by atoms with van der Waals surface area (Å²) in [6.07, 6.45) is 1.20. The van der Waals surface area contributed by atoms with E-state index in [4.69, 9.17) is 22.9 Å². The van der Waals surface area contributed by atoms with E-state index in [0.717, 1.165) is 0 Å². The van der Waals surface area contributed by atoms with E-state index in [2.05, 4.69) is 28.3 Å². The van der Waals surface area contributed by atoms with Gasteiger partial charge in [0.1, 0.15) is 18.1 Å². The smallest absolute Gasteiger partial charge is 0.326 e. The zero-order valence-electron chi connectivity index (χ0n) is 18.8. The molecular formula is C19H34N8O6S. The molecule has 1 saturated heterocycles. The van der Waals surface area contributed by atoms with Gasteiger partial charge in [-0.2, -0.15) is 12.6 Å². The van der Waals surface area contributed by atoms with Crippen molar-refractivity contribution in [1.29, 1.82) is 0 Å². The van der Waals surface area contributed by atoms with E-state index in [1.165, 1.54) is 4.90 Å². The van der Waals surface area contributed by atoms with Crippen molar-refractivity contribution in [2.75, 3.05) is 18.8 Å². The fourth-order valence-corrected chi connectivity index (χ4v) is 3.68. The van der Waals surface area contributed by atoms with Gasteiger partial charge in [-0.05, 0) is 32.1 Å². The normalized spacial score (nSPS) is 17.8. The van der Waals surface area contributed by atoms with Crippen LogP contribution in [0.15, 0.2) is 4.99 Å². The van der Waals surface area contributed by atoms with Crippen molar-refractivity contribution in [2.24, 2.45) is 27.9 Å². The number of aliphatic imine (C=N–C) groups is 1. The number of nitrogens with one attached hydrogen (secondary N) is 2. The summed E-state index contributed by atoms with van der Waals surface area (Å²) in [6, 6.07) is -4.24. The molecule has 1 aliphatic rings. The average Bonchev–Trinajstić information content (AvgIpc) is 3.27. The molecule has 1 heterocycles. The Bertz CT molecular complexity index is 791. The van der Waals surface area contributed by atoms with E-state index >= 15 is 0 Å². The first kappa shape index (κ1) is 29.0. The lowest BCUT2D eigenvalue weighted by Gasteiger charge is -2.28. The first-order chi connectivity index (χ1) is 16.0. The minimum atomic E-state index is -1.13. The summed E-state index contributed by atoms with van der Waals surface area (Å²) in [5.74, 6) is -3.89. The van der Waals surface area contributed by atoms with Crippen molar-refractivity contribution >= 4 is 48.2 Å². The minimum Gasteiger partial charge on any atom is -0.480 e. The van der Waals surface area contributed by atoms with Gasteiger partial charge in [-0.3, -0.25) is 24.2 Å². The zero-order chi connectivity index (χ0) is 25.8. The van der Waals surface area contributed by atoms with Gasteiger partial charge in [0, 0.05) is 25.3 Å². The predicted molar refractivity (Wildman–Crippen MR) is 126 cm³/mol. The van der Waals surface area contributed by atoms with Crippen molar-refractivity contribution in [3.63, 3.8) is 0 Å². The van der Waals surface area contributed by atoms with Crippen molar-refractivity contribution in [3.8, 4) is 0 Å². The molecule has 192 valence electrons. The summed E-state index contributed by atoms with van der Waals surface area (Å²) in [6.45, 7) is 0.448. The Morgan fingerprint density at radius 3 is 2.26 bits per heavy atom. The number of carbonyl (C=O) groups is 5. The number of carboxylic acid groups (broad SMARTS) is 1. The fraction of sp³-hybridized carbons (Fsp3) is 0.684. The molecule has 15 heteroatoms. The second-order valence-corrected chi connectivity index (χ2v) is 8.26. The Morgan fingerprint density at radius 2 is 1.71 bits per heavy atom. The van der Waals surface area contributed by atoms with E-state index < -0.39 is 53.8 Å². The van der Waals surface area contributed by atoms with Gasteiger partial charge in [-0.25, -0.2) is 4.79 Å². The Morgan fingerprint density at radius 1 is 1.06 bits per heavy atom. The highest BCUT2D eigenvalue weighted by molar-refractivity contribution is 7.80. The molecule has 4 amide bonds. The second-order valence-electron chi connectivity index (χ2n) is 7.89. The monoisotopic (exact) mass is 502 g/mol. The number of thiol groups is 1. The molecule has 0 aliphatic carbocycles. The maximum absolute atomic E-state index is 13.1. The lowest BCUT2D eigenvalue weighted by atomic mass is 10.1. The summed E-state index contributed by atoms with van der Waals surface area (Å²) >= 11 is 4.08. The van der Waals surface area contributed by atoms with Gasteiger partial charge in [0.15, 0.2) is 5.96 Å². The number of hydrogen-bond acceptors (Lipinski definition) is 8. The van der Waals surface area contributed by atoms with Crippen LogP contribution in [-0.4, -0.2) is 88.6 Å². The number of hydrogen-bond donors (Lipinski definition) is 8. The highest BCUT2D eigenvalue weighted by atomic mass is 32.1. The van der Waals surface area contributed by atoms with E-state index in [1.54, 1.807) is 0 Å². The van der Waals surface area contributed by atoms with Gasteiger partial charge in [0.2, 0.25) is 23.6 Å². The molecule has 0 aromatic carbocycles. The van der Waals surface area contributed by atoms with Crippen LogP contribution in [0.4, 0.5) is 0 Å². The van der Waals surface area contributed by atoms with Crippen LogP contribution in [0.3, 0.4) is 0 Å². The Balaban J connectivity index is 2.89. The number of carbonyl (C=O) groups excluding carboxylic acids is 4. The number of likely N-dealkylation sites (tertiary alicyclic amines) is 1. The van der Waals surface area contributed by atoms with E-state index in [9.17, 15) is 29.1 Å². The topological polar surface area (TPSA) is 249 Å². The second kappa shape index (κ2) is 14.2. The van der Waals surface area contributed by atoms with Crippen LogP contribution in [0.25, 0.3) is 0 Å². The molecule has 0 bridgehead atoms. The molecule has 0 aromatic rings. The molecule has 0 saturated carbocycles. The summed E-state index contributed by atoms with van der Waals surface area (Å²) in [4.78, 5) is 65.7. The van der Waals surface area contributed by atoms with Gasteiger partial charge in [-0.1, -0.05) is 0 Å². The fourth-order valence-electron chi connectivity index (χ4n) is 3.42. The molecule has 1 rings (SSSR count). The molecule has 0 radical (unpaired) electrons. The maximum atomic E-state index is 13.1. The highest BCUT2D eigenvalue weighted by Crippen LogP contribution is 2.19. The molecule has 11 N–H and O–H groups in total. The molecule has 4 atom stereocenters. The van der Waals surface area contributed by atoms with Gasteiger partial charge in [-0.15, -0.1) is 0 Å². The number of nitrogens with two attached hydrogens (primary N) is 4. The number of rotatable bonds is 14. The number of carboxylic acids is 1. The van der Waals surface area contributed by atoms with Crippen LogP contribution in [-0.2, 0) is 24.0 Å². The Hall–Kier alpha value is -3.07. The van der Waals surface area contributed by atoms with Crippen molar-refractivity contribution in [1.82, 2.24) is 15.5 Å². The third-order valence-electron chi connectivity index (χ3n) is 5.23. The summed E-state index contributed by atoms with van der Waals surface area (Å²) < 4.78 is 0. The molecular weight excluding hydrogens is 468 g/mol. The Labute approximate surface area is 202 Å². The number of aliphatic carboxylic acids is 1. The molecule has 0 spiro atoms. The number of primary amides is 1. The van der Waals surface area contributed by atoms with E-state index in [-0.39, 0.29) is 44.1 Å². The van der Waals surface area contributed by atoms with Crippen LogP contribution in [0.2, 0.25) is 0 Å².